The van der Waals surface area contributed by atoms with Crippen LogP contribution >= 0.6 is 11.8 Å². The summed E-state index contributed by atoms with van der Waals surface area (Å²) in [6.07, 6.45) is 1.18. The summed E-state index contributed by atoms with van der Waals surface area (Å²) in [7, 11) is 0. The van der Waals surface area contributed by atoms with Crippen molar-refractivity contribution in [2.24, 2.45) is 0 Å². The molecule has 0 aliphatic rings. The Bertz CT molecular complexity index is 201. The number of nitrogens with zero attached hydrogens (tertiary/aromatic N) is 1. The number of rotatable bonds is 7. The Morgan fingerprint density at radius 1 is 1.71 bits per heavy atom. The SMILES string of the molecule is CC(O)CCCNC(=O)CSCC#N. The van der Waals surface area contributed by atoms with Crippen LogP contribution in [0.4, 0.5) is 0 Å². The molecular weight excluding hydrogens is 200 g/mol. The fraction of sp³-hybridized carbons (Fsp3) is 0.778. The number of aliphatic hydroxyl groups is 1. The van der Waals surface area contributed by atoms with Gasteiger partial charge in [0.2, 0.25) is 5.91 Å². The molecule has 1 amide bonds. The first-order chi connectivity index (χ1) is 6.66. The highest BCUT2D eigenvalue weighted by Crippen LogP contribution is 1.97. The minimum atomic E-state index is -0.306. The fourth-order valence-corrected chi connectivity index (χ4v) is 1.35. The molecule has 0 aliphatic carbocycles. The lowest BCUT2D eigenvalue weighted by Crippen LogP contribution is -2.26. The molecule has 0 aromatic carbocycles. The first-order valence-corrected chi connectivity index (χ1v) is 5.71. The quantitative estimate of drug-likeness (QED) is 0.608. The second-order valence-electron chi connectivity index (χ2n) is 2.99. The van der Waals surface area contributed by atoms with Gasteiger partial charge in [0.15, 0.2) is 0 Å². The second-order valence-corrected chi connectivity index (χ2v) is 3.98. The minimum Gasteiger partial charge on any atom is -0.393 e. The van der Waals surface area contributed by atoms with Gasteiger partial charge in [0.1, 0.15) is 0 Å². The third kappa shape index (κ3) is 9.36. The van der Waals surface area contributed by atoms with Crippen molar-refractivity contribution in [2.75, 3.05) is 18.1 Å². The van der Waals surface area contributed by atoms with E-state index >= 15 is 0 Å². The van der Waals surface area contributed by atoms with Crippen molar-refractivity contribution in [3.05, 3.63) is 0 Å². The number of thioether (sulfide) groups is 1. The van der Waals surface area contributed by atoms with Crippen LogP contribution in [0.5, 0.6) is 0 Å². The molecule has 0 fully saturated rings. The lowest BCUT2D eigenvalue weighted by Gasteiger charge is -2.05. The molecule has 80 valence electrons. The van der Waals surface area contributed by atoms with Gasteiger partial charge in [-0.05, 0) is 19.8 Å². The molecule has 1 unspecified atom stereocenters. The van der Waals surface area contributed by atoms with E-state index in [4.69, 9.17) is 10.4 Å². The van der Waals surface area contributed by atoms with Crippen LogP contribution in [-0.2, 0) is 4.79 Å². The van der Waals surface area contributed by atoms with Crippen molar-refractivity contribution in [3.63, 3.8) is 0 Å². The van der Waals surface area contributed by atoms with Crippen LogP contribution in [0.1, 0.15) is 19.8 Å². The zero-order valence-corrected chi connectivity index (χ0v) is 9.14. The Kier molecular flexibility index (Phi) is 8.39. The smallest absolute Gasteiger partial charge is 0.230 e. The number of nitrogens with one attached hydrogen (secondary N) is 1. The van der Waals surface area contributed by atoms with Gasteiger partial charge in [-0.25, -0.2) is 0 Å². The molecule has 0 rings (SSSR count). The maximum Gasteiger partial charge on any atom is 0.230 e. The standard InChI is InChI=1S/C9H16N2O2S/c1-8(12)3-2-5-11-9(13)7-14-6-4-10/h8,12H,2-3,5-7H2,1H3,(H,11,13). The molecule has 0 aromatic heterocycles. The molecule has 2 N–H and O–H groups in total. The Morgan fingerprint density at radius 2 is 2.43 bits per heavy atom. The zero-order chi connectivity index (χ0) is 10.8. The monoisotopic (exact) mass is 216 g/mol. The third-order valence-electron chi connectivity index (χ3n) is 1.52. The Hall–Kier alpha value is -0.730. The predicted octanol–water partition coefficient (Wildman–Crippen LogP) is 0.520. The van der Waals surface area contributed by atoms with Crippen molar-refractivity contribution >= 4 is 17.7 Å². The average molecular weight is 216 g/mol. The van der Waals surface area contributed by atoms with Crippen molar-refractivity contribution in [1.82, 2.24) is 5.32 Å². The van der Waals surface area contributed by atoms with Crippen LogP contribution in [0.15, 0.2) is 0 Å². The first-order valence-electron chi connectivity index (χ1n) is 4.56. The highest BCUT2D eigenvalue weighted by Gasteiger charge is 2.00. The van der Waals surface area contributed by atoms with Crippen molar-refractivity contribution in [1.29, 1.82) is 5.26 Å². The summed E-state index contributed by atoms with van der Waals surface area (Å²) in [4.78, 5) is 11.1. The summed E-state index contributed by atoms with van der Waals surface area (Å²) < 4.78 is 0. The van der Waals surface area contributed by atoms with Crippen LogP contribution in [0.2, 0.25) is 0 Å². The molecule has 0 bridgehead atoms. The van der Waals surface area contributed by atoms with E-state index in [1.165, 1.54) is 11.8 Å². The number of hydrogen-bond donors (Lipinski definition) is 2. The summed E-state index contributed by atoms with van der Waals surface area (Å²) >= 11 is 1.30. The lowest BCUT2D eigenvalue weighted by molar-refractivity contribution is -0.118. The van der Waals surface area contributed by atoms with Crippen molar-refractivity contribution in [2.45, 2.75) is 25.9 Å². The first kappa shape index (κ1) is 13.3. The van der Waals surface area contributed by atoms with Gasteiger partial charge >= 0.3 is 0 Å². The van der Waals surface area contributed by atoms with E-state index in [2.05, 4.69) is 5.32 Å². The lowest BCUT2D eigenvalue weighted by atomic mass is 10.2. The van der Waals surface area contributed by atoms with Gasteiger partial charge in [-0.15, -0.1) is 11.8 Å². The van der Waals surface area contributed by atoms with Crippen LogP contribution in [0.3, 0.4) is 0 Å². The van der Waals surface area contributed by atoms with Gasteiger partial charge in [0.05, 0.1) is 23.7 Å². The van der Waals surface area contributed by atoms with E-state index in [-0.39, 0.29) is 12.0 Å². The maximum absolute atomic E-state index is 11.1. The van der Waals surface area contributed by atoms with Gasteiger partial charge in [-0.3, -0.25) is 4.79 Å². The largest absolute Gasteiger partial charge is 0.393 e. The molecule has 0 aliphatic heterocycles. The third-order valence-corrected chi connectivity index (χ3v) is 2.32. The van der Waals surface area contributed by atoms with E-state index in [1.54, 1.807) is 6.92 Å². The van der Waals surface area contributed by atoms with Crippen molar-refractivity contribution in [3.8, 4) is 6.07 Å². The highest BCUT2D eigenvalue weighted by atomic mass is 32.2. The molecule has 0 spiro atoms. The minimum absolute atomic E-state index is 0.0455. The molecule has 14 heavy (non-hydrogen) atoms. The van der Waals surface area contributed by atoms with Gasteiger partial charge < -0.3 is 10.4 Å². The summed E-state index contributed by atoms with van der Waals surface area (Å²) in [5, 5.41) is 19.9. The summed E-state index contributed by atoms with van der Waals surface area (Å²) in [6.45, 7) is 2.32. The fourth-order valence-electron chi connectivity index (χ4n) is 0.866. The molecule has 1 atom stereocenters. The zero-order valence-electron chi connectivity index (χ0n) is 8.32. The molecule has 0 saturated heterocycles. The van der Waals surface area contributed by atoms with Gasteiger partial charge in [-0.1, -0.05) is 0 Å². The molecule has 0 saturated carbocycles. The Morgan fingerprint density at radius 3 is 3.00 bits per heavy atom. The summed E-state index contributed by atoms with van der Waals surface area (Å²) in [5.41, 5.74) is 0. The predicted molar refractivity (Wildman–Crippen MR) is 56.9 cm³/mol. The van der Waals surface area contributed by atoms with Gasteiger partial charge in [0.25, 0.3) is 0 Å². The molecular formula is C9H16N2O2S. The Labute approximate surface area is 88.7 Å². The normalized spacial score (nSPS) is 11.8. The number of hydrogen-bond acceptors (Lipinski definition) is 4. The van der Waals surface area contributed by atoms with Crippen LogP contribution in [0, 0.1) is 11.3 Å². The van der Waals surface area contributed by atoms with Crippen LogP contribution in [-0.4, -0.2) is 35.2 Å². The molecule has 0 heterocycles. The maximum atomic E-state index is 11.1. The number of aliphatic hydroxyl groups excluding tert-OH is 1. The van der Waals surface area contributed by atoms with Gasteiger partial charge in [-0.2, -0.15) is 5.26 Å². The molecule has 5 heteroatoms. The van der Waals surface area contributed by atoms with E-state index in [0.29, 0.717) is 24.5 Å². The number of nitriles is 1. The topological polar surface area (TPSA) is 73.1 Å². The highest BCUT2D eigenvalue weighted by molar-refractivity contribution is 8.00. The number of carbonyl (C=O) groups is 1. The van der Waals surface area contributed by atoms with E-state index in [9.17, 15) is 4.79 Å². The van der Waals surface area contributed by atoms with E-state index in [1.807, 2.05) is 6.07 Å². The van der Waals surface area contributed by atoms with Crippen LogP contribution in [0.25, 0.3) is 0 Å². The van der Waals surface area contributed by atoms with Crippen molar-refractivity contribution < 1.29 is 9.90 Å². The second kappa shape index (κ2) is 8.85. The molecule has 0 radical (unpaired) electrons. The number of amides is 1. The van der Waals surface area contributed by atoms with Gasteiger partial charge in [0, 0.05) is 6.54 Å². The molecule has 4 nitrogen and oxygen atoms in total. The van der Waals surface area contributed by atoms with E-state index < -0.39 is 0 Å². The van der Waals surface area contributed by atoms with E-state index in [0.717, 1.165) is 6.42 Å². The average Bonchev–Trinajstić information content (AvgIpc) is 2.13. The summed E-state index contributed by atoms with van der Waals surface area (Å²) in [6, 6.07) is 1.96. The Balaban J connectivity index is 3.23. The van der Waals surface area contributed by atoms with Crippen LogP contribution < -0.4 is 5.32 Å². The summed E-state index contributed by atoms with van der Waals surface area (Å²) in [5.74, 6) is 0.638. The number of carbonyl (C=O) groups excluding carboxylic acids is 1. The molecule has 0 aromatic rings.